The highest BCUT2D eigenvalue weighted by molar-refractivity contribution is 4.64. The van der Waals surface area contributed by atoms with Crippen molar-refractivity contribution >= 4 is 0 Å². The second-order valence-electron chi connectivity index (χ2n) is 0.385. The van der Waals surface area contributed by atoms with Gasteiger partial charge in [0.2, 0.25) is 0 Å². The summed E-state index contributed by atoms with van der Waals surface area (Å²) in [4.78, 5) is 0. The van der Waals surface area contributed by atoms with Crippen molar-refractivity contribution in [3.63, 3.8) is 0 Å². The van der Waals surface area contributed by atoms with Crippen molar-refractivity contribution in [2.75, 3.05) is 0 Å². The van der Waals surface area contributed by atoms with Gasteiger partial charge in [0.05, 0.1) is 0 Å². The van der Waals surface area contributed by atoms with Crippen LogP contribution in [0.4, 0.5) is 0 Å². The summed E-state index contributed by atoms with van der Waals surface area (Å²) < 4.78 is 0. The zero-order chi connectivity index (χ0) is 3.41. The molecule has 0 atom stereocenters. The van der Waals surface area contributed by atoms with Crippen LogP contribution in [0.5, 0.6) is 0 Å². The van der Waals surface area contributed by atoms with E-state index in [0.29, 0.717) is 0 Å². The molecule has 0 radical (unpaired) electrons. The average molecular weight is 58.1 g/mol. The Balaban J connectivity index is 2.55. The Morgan fingerprint density at radius 1 is 1.00 bits per heavy atom. The minimum atomic E-state index is 1.28. The summed E-state index contributed by atoms with van der Waals surface area (Å²) in [7, 11) is 0. The van der Waals surface area contributed by atoms with Gasteiger partial charge in [-0.25, -0.2) is 0 Å². The molecule has 0 saturated heterocycles. The first kappa shape index (κ1) is 3.34. The minimum Gasteiger partial charge on any atom is -0.403 e. The fraction of sp³-hybridized carbons (Fsp3) is 0. The van der Waals surface area contributed by atoms with E-state index in [2.05, 4.69) is 0 Å². The lowest BCUT2D eigenvalue weighted by Gasteiger charge is -1.56. The number of rotatable bonds is 0. The molecule has 0 heterocycles. The first-order valence-corrected chi connectivity index (χ1v) is 1.00. The van der Waals surface area contributed by atoms with Gasteiger partial charge in [-0.05, 0) is 0 Å². The molecule has 0 aromatic rings. The molecule has 0 aliphatic carbocycles. The predicted octanol–water partition coefficient (Wildman–Crippen LogP) is -0.625. The van der Waals surface area contributed by atoms with Gasteiger partial charge in [0.15, 0.2) is 0 Å². The van der Waals surface area contributed by atoms with Crippen LogP contribution in [0.3, 0.4) is 0 Å². The van der Waals surface area contributed by atoms with Crippen molar-refractivity contribution < 1.29 is 0 Å². The Bertz CT molecular complexity index is 19.2. The zero-order valence-corrected chi connectivity index (χ0v) is 2.31. The quantitative estimate of drug-likeness (QED) is 0.390. The van der Waals surface area contributed by atoms with Crippen molar-refractivity contribution in [2.24, 2.45) is 11.5 Å². The number of hydrogen-bond acceptors (Lipinski definition) is 2. The SMILES string of the molecule is N/C=C\N. The largest absolute Gasteiger partial charge is 0.403 e. The molecule has 0 aromatic heterocycles. The molecule has 0 aliphatic heterocycles. The van der Waals surface area contributed by atoms with Gasteiger partial charge in [0.25, 0.3) is 0 Å². The van der Waals surface area contributed by atoms with E-state index in [4.69, 9.17) is 11.5 Å². The second kappa shape index (κ2) is 2.34. The fourth-order valence-corrected chi connectivity index (χ4v) is 0. The van der Waals surface area contributed by atoms with Crippen LogP contribution >= 0.6 is 0 Å². The summed E-state index contributed by atoms with van der Waals surface area (Å²) in [6, 6.07) is 0. The second-order valence-corrected chi connectivity index (χ2v) is 0.385. The van der Waals surface area contributed by atoms with Gasteiger partial charge in [-0.15, -0.1) is 0 Å². The molecule has 0 amide bonds. The lowest BCUT2D eigenvalue weighted by atomic mass is 11.0. The molecule has 4 heavy (non-hydrogen) atoms. The van der Waals surface area contributed by atoms with Crippen molar-refractivity contribution in [3.8, 4) is 0 Å². The van der Waals surface area contributed by atoms with Crippen LogP contribution in [0.25, 0.3) is 0 Å². The highest BCUT2D eigenvalue weighted by Gasteiger charge is 1.30. The van der Waals surface area contributed by atoms with Crippen LogP contribution in [0.2, 0.25) is 0 Å². The Kier molecular flexibility index (Phi) is 1.95. The summed E-state index contributed by atoms with van der Waals surface area (Å²) in [5.74, 6) is 0. The first-order chi connectivity index (χ1) is 1.91. The molecule has 0 bridgehead atoms. The fourth-order valence-electron chi connectivity index (χ4n) is 0. The van der Waals surface area contributed by atoms with Crippen molar-refractivity contribution in [1.29, 1.82) is 0 Å². The summed E-state index contributed by atoms with van der Waals surface area (Å²) in [5, 5.41) is 0. The van der Waals surface area contributed by atoms with Gasteiger partial charge in [-0.1, -0.05) is 0 Å². The standard InChI is InChI=1S/C2H6N2/c3-1-2-4/h1-2H,3-4H2/b2-1-. The van der Waals surface area contributed by atoms with Crippen LogP contribution in [0.1, 0.15) is 0 Å². The van der Waals surface area contributed by atoms with E-state index in [1.165, 1.54) is 12.4 Å². The van der Waals surface area contributed by atoms with E-state index < -0.39 is 0 Å². The maximum atomic E-state index is 4.72. The van der Waals surface area contributed by atoms with E-state index in [0.717, 1.165) is 0 Å². The van der Waals surface area contributed by atoms with E-state index in [1.54, 1.807) is 0 Å². The minimum absolute atomic E-state index is 1.28. The number of hydrogen-bond donors (Lipinski definition) is 2. The van der Waals surface area contributed by atoms with Crippen LogP contribution in [0, 0.1) is 0 Å². The van der Waals surface area contributed by atoms with Gasteiger partial charge in [-0.2, -0.15) is 0 Å². The van der Waals surface area contributed by atoms with Crippen molar-refractivity contribution in [3.05, 3.63) is 12.4 Å². The molecule has 0 aromatic carbocycles. The monoisotopic (exact) mass is 58.1 g/mol. The third kappa shape index (κ3) is 1.34. The predicted molar refractivity (Wildman–Crippen MR) is 17.5 cm³/mol. The molecule has 2 heteroatoms. The molecule has 24 valence electrons. The van der Waals surface area contributed by atoms with E-state index >= 15 is 0 Å². The lowest BCUT2D eigenvalue weighted by Crippen LogP contribution is -1.81. The van der Waals surface area contributed by atoms with Gasteiger partial charge in [0.1, 0.15) is 0 Å². The molecule has 4 N–H and O–H groups in total. The van der Waals surface area contributed by atoms with Crippen LogP contribution in [0.15, 0.2) is 12.4 Å². The van der Waals surface area contributed by atoms with Crippen LogP contribution in [-0.2, 0) is 0 Å². The highest BCUT2D eigenvalue weighted by atomic mass is 14.6. The van der Waals surface area contributed by atoms with E-state index in [-0.39, 0.29) is 0 Å². The highest BCUT2D eigenvalue weighted by Crippen LogP contribution is 1.30. The molecule has 0 fully saturated rings. The number of nitrogens with two attached hydrogens (primary N) is 2. The molecule has 0 saturated carbocycles. The molecular formula is C2H6N2. The van der Waals surface area contributed by atoms with Gasteiger partial charge >= 0.3 is 0 Å². The molecule has 0 aliphatic rings. The Hall–Kier alpha value is -0.660. The topological polar surface area (TPSA) is 52.0 Å². The third-order valence-corrected chi connectivity index (χ3v) is 0.111. The summed E-state index contributed by atoms with van der Waals surface area (Å²) in [6.45, 7) is 0. The normalized spacial score (nSPS) is 9.00. The molecule has 0 rings (SSSR count). The smallest absolute Gasteiger partial charge is 0.00957 e. The Morgan fingerprint density at radius 2 is 1.25 bits per heavy atom. The summed E-state index contributed by atoms with van der Waals surface area (Å²) in [5.41, 5.74) is 9.44. The lowest BCUT2D eigenvalue weighted by molar-refractivity contribution is 1.50. The van der Waals surface area contributed by atoms with E-state index in [9.17, 15) is 0 Å². The maximum absolute atomic E-state index is 4.72. The van der Waals surface area contributed by atoms with Gasteiger partial charge < -0.3 is 11.5 Å². The summed E-state index contributed by atoms with van der Waals surface area (Å²) in [6.07, 6.45) is 2.56. The van der Waals surface area contributed by atoms with Gasteiger partial charge in [-0.3, -0.25) is 0 Å². The van der Waals surface area contributed by atoms with Gasteiger partial charge in [0, 0.05) is 12.4 Å². The maximum Gasteiger partial charge on any atom is 0.00957 e. The van der Waals surface area contributed by atoms with Crippen LogP contribution in [-0.4, -0.2) is 0 Å². The molecule has 0 spiro atoms. The van der Waals surface area contributed by atoms with Crippen LogP contribution < -0.4 is 11.5 Å². The van der Waals surface area contributed by atoms with Crippen molar-refractivity contribution in [2.45, 2.75) is 0 Å². The third-order valence-electron chi connectivity index (χ3n) is 0.111. The zero-order valence-electron chi connectivity index (χ0n) is 2.31. The Morgan fingerprint density at radius 3 is 1.25 bits per heavy atom. The first-order valence-electron chi connectivity index (χ1n) is 1.00. The summed E-state index contributed by atoms with van der Waals surface area (Å²) >= 11 is 0. The van der Waals surface area contributed by atoms with Crippen molar-refractivity contribution in [1.82, 2.24) is 0 Å². The van der Waals surface area contributed by atoms with E-state index in [1.807, 2.05) is 0 Å². The Labute approximate surface area is 25.1 Å². The molecule has 0 unspecified atom stereocenters. The molecule has 2 nitrogen and oxygen atoms in total. The molecular weight excluding hydrogens is 52.0 g/mol. The average Bonchev–Trinajstić information content (AvgIpc) is 1.37.